The van der Waals surface area contributed by atoms with Crippen LogP contribution in [-0.4, -0.2) is 45.0 Å². The van der Waals surface area contributed by atoms with Gasteiger partial charge in [0.15, 0.2) is 0 Å². The minimum atomic E-state index is -0.131. The number of rotatable bonds is 3. The number of hydrogen-bond donors (Lipinski definition) is 0. The molecule has 1 amide bonds. The van der Waals surface area contributed by atoms with Crippen LogP contribution in [-0.2, 0) is 0 Å². The van der Waals surface area contributed by atoms with Gasteiger partial charge in [-0.1, -0.05) is 12.1 Å². The first-order chi connectivity index (χ1) is 11.7. The van der Waals surface area contributed by atoms with Gasteiger partial charge in [-0.05, 0) is 40.2 Å². The van der Waals surface area contributed by atoms with Crippen LogP contribution in [0.5, 0.6) is 5.88 Å². The van der Waals surface area contributed by atoms with Gasteiger partial charge in [0.25, 0.3) is 5.91 Å². The second kappa shape index (κ2) is 6.16. The van der Waals surface area contributed by atoms with E-state index in [4.69, 9.17) is 4.74 Å². The first-order valence-electron chi connectivity index (χ1n) is 7.49. The van der Waals surface area contributed by atoms with Gasteiger partial charge in [-0.2, -0.15) is 0 Å². The van der Waals surface area contributed by atoms with Crippen LogP contribution in [0.4, 0.5) is 0 Å². The lowest BCUT2D eigenvalue weighted by molar-refractivity contribution is 0.0152. The van der Waals surface area contributed by atoms with Gasteiger partial charge in [0.1, 0.15) is 11.8 Å². The highest BCUT2D eigenvalue weighted by atomic mass is 79.9. The predicted octanol–water partition coefficient (Wildman–Crippen LogP) is 2.69. The Morgan fingerprint density at radius 3 is 2.71 bits per heavy atom. The van der Waals surface area contributed by atoms with Gasteiger partial charge in [0, 0.05) is 6.20 Å². The lowest BCUT2D eigenvalue weighted by Gasteiger charge is -2.38. The lowest BCUT2D eigenvalue weighted by Crippen LogP contribution is -2.56. The number of fused-ring (bicyclic) bond motifs is 1. The third kappa shape index (κ3) is 2.82. The van der Waals surface area contributed by atoms with Crippen molar-refractivity contribution in [2.45, 2.75) is 6.10 Å². The molecule has 2 aromatic heterocycles. The number of carbonyl (C=O) groups excluding carboxylic acids is 1. The van der Waals surface area contributed by atoms with Crippen molar-refractivity contribution in [1.29, 1.82) is 0 Å². The fraction of sp³-hybridized carbons (Fsp3) is 0.176. The Morgan fingerprint density at radius 1 is 1.12 bits per heavy atom. The van der Waals surface area contributed by atoms with Crippen molar-refractivity contribution in [3.8, 4) is 5.88 Å². The predicted molar refractivity (Wildman–Crippen MR) is 91.8 cm³/mol. The molecule has 7 heteroatoms. The number of benzene rings is 1. The molecule has 3 heterocycles. The van der Waals surface area contributed by atoms with Gasteiger partial charge in [-0.25, -0.2) is 9.97 Å². The van der Waals surface area contributed by atoms with Gasteiger partial charge in [0.05, 0.1) is 34.8 Å². The fourth-order valence-electron chi connectivity index (χ4n) is 2.52. The number of aromatic nitrogens is 3. The van der Waals surface area contributed by atoms with Crippen molar-refractivity contribution in [2.75, 3.05) is 13.1 Å². The number of halogens is 1. The molecule has 0 atom stereocenters. The van der Waals surface area contributed by atoms with Gasteiger partial charge in [-0.15, -0.1) is 0 Å². The van der Waals surface area contributed by atoms with Gasteiger partial charge in [0.2, 0.25) is 5.88 Å². The Labute approximate surface area is 146 Å². The fourth-order valence-corrected chi connectivity index (χ4v) is 2.86. The SMILES string of the molecule is O=C(c1cnc2ccccc2n1)N1CC(Oc2ncccc2Br)C1. The maximum atomic E-state index is 12.5. The van der Waals surface area contributed by atoms with E-state index in [0.717, 1.165) is 9.99 Å². The number of amides is 1. The number of pyridine rings is 1. The van der Waals surface area contributed by atoms with Crippen LogP contribution < -0.4 is 4.74 Å². The molecule has 0 saturated carbocycles. The minimum absolute atomic E-state index is 0.0615. The molecule has 0 aliphatic carbocycles. The standard InChI is InChI=1S/C17H13BrN4O2/c18-12-4-3-7-19-16(12)24-11-9-22(10-11)17(23)15-8-20-13-5-1-2-6-14(13)21-15/h1-8,11H,9-10H2. The largest absolute Gasteiger partial charge is 0.470 e. The van der Waals surface area contributed by atoms with Crippen LogP contribution in [0.15, 0.2) is 53.3 Å². The van der Waals surface area contributed by atoms with Crippen molar-refractivity contribution in [1.82, 2.24) is 19.9 Å². The summed E-state index contributed by atoms with van der Waals surface area (Å²) in [5, 5.41) is 0. The van der Waals surface area contributed by atoms with Crippen molar-refractivity contribution in [2.24, 2.45) is 0 Å². The lowest BCUT2D eigenvalue weighted by atomic mass is 10.1. The quantitative estimate of drug-likeness (QED) is 0.694. The Balaban J connectivity index is 1.42. The first-order valence-corrected chi connectivity index (χ1v) is 8.28. The van der Waals surface area contributed by atoms with Crippen molar-refractivity contribution in [3.63, 3.8) is 0 Å². The van der Waals surface area contributed by atoms with E-state index in [9.17, 15) is 4.79 Å². The topological polar surface area (TPSA) is 68.2 Å². The Bertz CT molecular complexity index is 912. The third-order valence-electron chi connectivity index (χ3n) is 3.81. The molecular weight excluding hydrogens is 372 g/mol. The second-order valence-corrected chi connectivity index (χ2v) is 6.34. The van der Waals surface area contributed by atoms with E-state index in [1.807, 2.05) is 36.4 Å². The summed E-state index contributed by atoms with van der Waals surface area (Å²) in [7, 11) is 0. The summed E-state index contributed by atoms with van der Waals surface area (Å²) in [5.74, 6) is 0.410. The van der Waals surface area contributed by atoms with E-state index in [1.54, 1.807) is 11.1 Å². The average molecular weight is 385 g/mol. The van der Waals surface area contributed by atoms with Gasteiger partial charge in [-0.3, -0.25) is 9.78 Å². The van der Waals surface area contributed by atoms with Gasteiger partial charge >= 0.3 is 0 Å². The van der Waals surface area contributed by atoms with Crippen molar-refractivity contribution in [3.05, 3.63) is 59.0 Å². The summed E-state index contributed by atoms with van der Waals surface area (Å²) in [5.41, 5.74) is 1.85. The van der Waals surface area contributed by atoms with E-state index in [-0.39, 0.29) is 12.0 Å². The van der Waals surface area contributed by atoms with Crippen LogP contribution >= 0.6 is 15.9 Å². The van der Waals surface area contributed by atoms with Crippen LogP contribution in [0.25, 0.3) is 11.0 Å². The average Bonchev–Trinajstić information content (AvgIpc) is 2.58. The molecule has 0 radical (unpaired) electrons. The number of hydrogen-bond acceptors (Lipinski definition) is 5. The Morgan fingerprint density at radius 2 is 1.92 bits per heavy atom. The molecule has 6 nitrogen and oxygen atoms in total. The molecular formula is C17H13BrN4O2. The van der Waals surface area contributed by atoms with E-state index < -0.39 is 0 Å². The Hall–Kier alpha value is -2.54. The molecule has 1 aromatic carbocycles. The monoisotopic (exact) mass is 384 g/mol. The normalized spacial score (nSPS) is 14.5. The zero-order valence-corrected chi connectivity index (χ0v) is 14.2. The molecule has 0 unspecified atom stereocenters. The van der Waals surface area contributed by atoms with Crippen molar-refractivity contribution >= 4 is 32.9 Å². The van der Waals surface area contributed by atoms with Gasteiger partial charge < -0.3 is 9.64 Å². The Kier molecular flexibility index (Phi) is 3.86. The second-order valence-electron chi connectivity index (χ2n) is 5.48. The van der Waals surface area contributed by atoms with Crippen LogP contribution in [0.2, 0.25) is 0 Å². The zero-order chi connectivity index (χ0) is 16.5. The van der Waals surface area contributed by atoms with Crippen molar-refractivity contribution < 1.29 is 9.53 Å². The third-order valence-corrected chi connectivity index (χ3v) is 4.41. The highest BCUT2D eigenvalue weighted by Crippen LogP contribution is 2.25. The molecule has 3 aromatic rings. The number of nitrogens with zero attached hydrogens (tertiary/aromatic N) is 4. The number of ether oxygens (including phenoxy) is 1. The maximum absolute atomic E-state index is 12.5. The summed E-state index contributed by atoms with van der Waals surface area (Å²) >= 11 is 3.40. The molecule has 1 fully saturated rings. The van der Waals surface area contributed by atoms with E-state index >= 15 is 0 Å². The molecule has 1 aliphatic heterocycles. The smallest absolute Gasteiger partial charge is 0.274 e. The first kappa shape index (κ1) is 15.0. The summed E-state index contributed by atoms with van der Waals surface area (Å²) in [6, 6.07) is 11.2. The summed E-state index contributed by atoms with van der Waals surface area (Å²) in [4.78, 5) is 27.0. The zero-order valence-electron chi connectivity index (χ0n) is 12.6. The molecule has 1 saturated heterocycles. The number of carbonyl (C=O) groups is 1. The summed E-state index contributed by atoms with van der Waals surface area (Å²) in [6.45, 7) is 1.02. The molecule has 24 heavy (non-hydrogen) atoms. The summed E-state index contributed by atoms with van der Waals surface area (Å²) < 4.78 is 6.58. The highest BCUT2D eigenvalue weighted by molar-refractivity contribution is 9.10. The molecule has 1 aliphatic rings. The van der Waals surface area contributed by atoms with E-state index in [2.05, 4.69) is 30.9 Å². The molecule has 0 bridgehead atoms. The molecule has 120 valence electrons. The van der Waals surface area contributed by atoms with E-state index in [1.165, 1.54) is 6.20 Å². The van der Waals surface area contributed by atoms with Crippen LogP contribution in [0.3, 0.4) is 0 Å². The molecule has 0 spiro atoms. The molecule has 4 rings (SSSR count). The number of para-hydroxylation sites is 2. The van der Waals surface area contributed by atoms with Crippen LogP contribution in [0.1, 0.15) is 10.5 Å². The minimum Gasteiger partial charge on any atom is -0.470 e. The number of likely N-dealkylation sites (tertiary alicyclic amines) is 1. The molecule has 0 N–H and O–H groups in total. The maximum Gasteiger partial charge on any atom is 0.274 e. The van der Waals surface area contributed by atoms with E-state index in [0.29, 0.717) is 30.2 Å². The van der Waals surface area contributed by atoms with Crippen LogP contribution in [0, 0.1) is 0 Å². The summed E-state index contributed by atoms with van der Waals surface area (Å²) in [6.07, 6.45) is 3.13. The highest BCUT2D eigenvalue weighted by Gasteiger charge is 2.34.